The first-order valence-electron chi connectivity index (χ1n) is 6.00. The van der Waals surface area contributed by atoms with Crippen molar-refractivity contribution in [1.29, 1.82) is 0 Å². The molecule has 0 fully saturated rings. The van der Waals surface area contributed by atoms with Crippen molar-refractivity contribution in [1.82, 2.24) is 9.78 Å². The molecule has 0 aliphatic heterocycles. The maximum absolute atomic E-state index is 6.25. The second-order valence-corrected chi connectivity index (χ2v) is 4.46. The molecule has 0 spiro atoms. The molecule has 1 unspecified atom stereocenters. The molecule has 1 aromatic carbocycles. The Morgan fingerprint density at radius 3 is 2.72 bits per heavy atom. The van der Waals surface area contributed by atoms with Gasteiger partial charge in [-0.05, 0) is 31.0 Å². The van der Waals surface area contributed by atoms with Crippen molar-refractivity contribution < 1.29 is 4.74 Å². The Hall–Kier alpha value is -1.81. The molecule has 2 aromatic rings. The fourth-order valence-electron chi connectivity index (χ4n) is 2.19. The Balaban J connectivity index is 2.21. The van der Waals surface area contributed by atoms with Gasteiger partial charge in [-0.1, -0.05) is 18.2 Å². The molecule has 0 saturated carbocycles. The summed E-state index contributed by atoms with van der Waals surface area (Å²) in [6, 6.07) is 9.91. The Morgan fingerprint density at radius 2 is 2.11 bits per heavy atom. The number of hydrogen-bond acceptors (Lipinski definition) is 3. The van der Waals surface area contributed by atoms with Crippen LogP contribution in [0, 0.1) is 6.92 Å². The van der Waals surface area contributed by atoms with Crippen LogP contribution in [0.15, 0.2) is 30.3 Å². The van der Waals surface area contributed by atoms with Crippen LogP contribution >= 0.6 is 0 Å². The highest BCUT2D eigenvalue weighted by molar-refractivity contribution is 5.34. The molecule has 1 aromatic heterocycles. The predicted octanol–water partition coefficient (Wildman–Crippen LogP) is 1.98. The van der Waals surface area contributed by atoms with Gasteiger partial charge in [0.05, 0.1) is 24.5 Å². The molecule has 0 amide bonds. The Labute approximate surface area is 107 Å². The predicted molar refractivity (Wildman–Crippen MR) is 71.6 cm³/mol. The van der Waals surface area contributed by atoms with Crippen LogP contribution in [0.4, 0.5) is 0 Å². The molecule has 0 aliphatic rings. The number of hydrogen-bond donors (Lipinski definition) is 1. The van der Waals surface area contributed by atoms with E-state index in [1.165, 1.54) is 0 Å². The standard InChI is InChI=1S/C14H19N3O/c1-10-8-13(17(2)16-10)12(15)9-11-6-4-5-7-14(11)18-3/h4-8,12H,9,15H2,1-3H3. The van der Waals surface area contributed by atoms with E-state index in [4.69, 9.17) is 10.5 Å². The van der Waals surface area contributed by atoms with Crippen molar-refractivity contribution in [2.45, 2.75) is 19.4 Å². The highest BCUT2D eigenvalue weighted by atomic mass is 16.5. The van der Waals surface area contributed by atoms with Gasteiger partial charge in [-0.15, -0.1) is 0 Å². The van der Waals surface area contributed by atoms with Crippen molar-refractivity contribution in [2.24, 2.45) is 12.8 Å². The lowest BCUT2D eigenvalue weighted by atomic mass is 10.0. The fourth-order valence-corrected chi connectivity index (χ4v) is 2.19. The molecule has 1 atom stereocenters. The minimum absolute atomic E-state index is 0.0764. The number of nitrogens with two attached hydrogens (primary N) is 1. The number of methoxy groups -OCH3 is 1. The largest absolute Gasteiger partial charge is 0.496 e. The summed E-state index contributed by atoms with van der Waals surface area (Å²) < 4.78 is 7.18. The highest BCUT2D eigenvalue weighted by Gasteiger charge is 2.14. The summed E-state index contributed by atoms with van der Waals surface area (Å²) in [6.07, 6.45) is 0.739. The molecule has 0 bridgehead atoms. The highest BCUT2D eigenvalue weighted by Crippen LogP contribution is 2.23. The maximum Gasteiger partial charge on any atom is 0.122 e. The van der Waals surface area contributed by atoms with E-state index in [-0.39, 0.29) is 6.04 Å². The van der Waals surface area contributed by atoms with Crippen LogP contribution in [-0.4, -0.2) is 16.9 Å². The van der Waals surface area contributed by atoms with Gasteiger partial charge < -0.3 is 10.5 Å². The van der Waals surface area contributed by atoms with Crippen LogP contribution in [0.5, 0.6) is 5.75 Å². The number of aromatic nitrogens is 2. The molecule has 1 heterocycles. The zero-order chi connectivity index (χ0) is 13.1. The van der Waals surface area contributed by atoms with Crippen molar-refractivity contribution >= 4 is 0 Å². The molecule has 0 saturated heterocycles. The Bertz CT molecular complexity index is 534. The van der Waals surface area contributed by atoms with E-state index in [0.29, 0.717) is 0 Å². The minimum Gasteiger partial charge on any atom is -0.496 e. The van der Waals surface area contributed by atoms with Crippen LogP contribution < -0.4 is 10.5 Å². The molecular weight excluding hydrogens is 226 g/mol. The lowest BCUT2D eigenvalue weighted by molar-refractivity contribution is 0.407. The third-order valence-corrected chi connectivity index (χ3v) is 3.05. The molecule has 2 N–H and O–H groups in total. The number of ether oxygens (including phenoxy) is 1. The first kappa shape index (κ1) is 12.6. The lowest BCUT2D eigenvalue weighted by Gasteiger charge is -2.14. The van der Waals surface area contributed by atoms with Gasteiger partial charge >= 0.3 is 0 Å². The second kappa shape index (κ2) is 5.23. The molecule has 4 nitrogen and oxygen atoms in total. The van der Waals surface area contributed by atoms with E-state index in [0.717, 1.165) is 29.1 Å². The molecule has 18 heavy (non-hydrogen) atoms. The van der Waals surface area contributed by atoms with Gasteiger partial charge in [0.1, 0.15) is 5.75 Å². The number of para-hydroxylation sites is 1. The monoisotopic (exact) mass is 245 g/mol. The van der Waals surface area contributed by atoms with E-state index >= 15 is 0 Å². The van der Waals surface area contributed by atoms with Crippen molar-refractivity contribution in [3.8, 4) is 5.75 Å². The smallest absolute Gasteiger partial charge is 0.122 e. The molecule has 0 radical (unpaired) electrons. The van der Waals surface area contributed by atoms with Crippen molar-refractivity contribution in [3.05, 3.63) is 47.3 Å². The third-order valence-electron chi connectivity index (χ3n) is 3.05. The van der Waals surface area contributed by atoms with Gasteiger partial charge in [-0.2, -0.15) is 5.10 Å². The second-order valence-electron chi connectivity index (χ2n) is 4.46. The molecule has 96 valence electrons. The average molecular weight is 245 g/mol. The van der Waals surface area contributed by atoms with E-state index in [1.54, 1.807) is 7.11 Å². The first-order chi connectivity index (χ1) is 8.61. The van der Waals surface area contributed by atoms with E-state index in [9.17, 15) is 0 Å². The molecule has 4 heteroatoms. The zero-order valence-electron chi connectivity index (χ0n) is 11.1. The van der Waals surface area contributed by atoms with Crippen LogP contribution in [0.3, 0.4) is 0 Å². The number of rotatable bonds is 4. The van der Waals surface area contributed by atoms with Gasteiger partial charge in [0.15, 0.2) is 0 Å². The molecule has 2 rings (SSSR count). The van der Waals surface area contributed by atoms with Crippen LogP contribution in [0.25, 0.3) is 0 Å². The van der Waals surface area contributed by atoms with Gasteiger partial charge in [0.2, 0.25) is 0 Å². The Morgan fingerprint density at radius 1 is 1.39 bits per heavy atom. The average Bonchev–Trinajstić information content (AvgIpc) is 2.69. The van der Waals surface area contributed by atoms with Crippen LogP contribution in [0.1, 0.15) is 23.0 Å². The summed E-state index contributed by atoms with van der Waals surface area (Å²) >= 11 is 0. The SMILES string of the molecule is COc1ccccc1CC(N)c1cc(C)nn1C. The molecular formula is C14H19N3O. The normalized spacial score (nSPS) is 12.4. The number of aryl methyl sites for hydroxylation is 2. The summed E-state index contributed by atoms with van der Waals surface area (Å²) in [6.45, 7) is 1.97. The van der Waals surface area contributed by atoms with E-state index in [2.05, 4.69) is 5.10 Å². The Kier molecular flexibility index (Phi) is 3.67. The summed E-state index contributed by atoms with van der Waals surface area (Å²) in [4.78, 5) is 0. The minimum atomic E-state index is -0.0764. The lowest BCUT2D eigenvalue weighted by Crippen LogP contribution is -2.17. The first-order valence-corrected chi connectivity index (χ1v) is 6.00. The van der Waals surface area contributed by atoms with E-state index in [1.807, 2.05) is 49.0 Å². The third kappa shape index (κ3) is 2.54. The quantitative estimate of drug-likeness (QED) is 0.896. The van der Waals surface area contributed by atoms with Crippen LogP contribution in [0.2, 0.25) is 0 Å². The van der Waals surface area contributed by atoms with Gasteiger partial charge in [0, 0.05) is 7.05 Å². The summed E-state index contributed by atoms with van der Waals surface area (Å²) in [5.74, 6) is 0.881. The summed E-state index contributed by atoms with van der Waals surface area (Å²) in [5.41, 5.74) is 9.39. The number of nitrogens with zero attached hydrogens (tertiary/aromatic N) is 2. The summed E-state index contributed by atoms with van der Waals surface area (Å²) in [7, 11) is 3.60. The van der Waals surface area contributed by atoms with Crippen molar-refractivity contribution in [3.63, 3.8) is 0 Å². The maximum atomic E-state index is 6.25. The van der Waals surface area contributed by atoms with Gasteiger partial charge in [-0.3, -0.25) is 4.68 Å². The van der Waals surface area contributed by atoms with E-state index < -0.39 is 0 Å². The topological polar surface area (TPSA) is 53.1 Å². The van der Waals surface area contributed by atoms with Gasteiger partial charge in [0.25, 0.3) is 0 Å². The summed E-state index contributed by atoms with van der Waals surface area (Å²) in [5, 5.41) is 4.32. The zero-order valence-corrected chi connectivity index (χ0v) is 11.1. The van der Waals surface area contributed by atoms with Gasteiger partial charge in [-0.25, -0.2) is 0 Å². The number of benzene rings is 1. The fraction of sp³-hybridized carbons (Fsp3) is 0.357. The van der Waals surface area contributed by atoms with Crippen molar-refractivity contribution in [2.75, 3.05) is 7.11 Å². The molecule has 0 aliphatic carbocycles. The van der Waals surface area contributed by atoms with Crippen LogP contribution in [-0.2, 0) is 13.5 Å².